The number of hydrogen-bond acceptors (Lipinski definition) is 3. The number of fused-ring (bicyclic) bond motifs is 1. The van der Waals surface area contributed by atoms with Crippen molar-refractivity contribution in [1.29, 1.82) is 0 Å². The molecule has 106 valence electrons. The number of benzene rings is 1. The molecule has 0 saturated carbocycles. The van der Waals surface area contributed by atoms with E-state index in [2.05, 4.69) is 0 Å². The first kappa shape index (κ1) is 14.1. The van der Waals surface area contributed by atoms with Crippen molar-refractivity contribution in [2.24, 2.45) is 0 Å². The highest BCUT2D eigenvalue weighted by Crippen LogP contribution is 2.36. The van der Waals surface area contributed by atoms with Gasteiger partial charge in [0.25, 0.3) is 5.91 Å². The summed E-state index contributed by atoms with van der Waals surface area (Å²) in [5, 5.41) is 8.78. The zero-order valence-corrected chi connectivity index (χ0v) is 11.7. The second-order valence-corrected chi connectivity index (χ2v) is 4.76. The minimum atomic E-state index is -0.994. The summed E-state index contributed by atoms with van der Waals surface area (Å²) in [6.45, 7) is 3.62. The summed E-state index contributed by atoms with van der Waals surface area (Å²) in [6.07, 6.45) is 1.30. The normalized spacial score (nSPS) is 18.6. The van der Waals surface area contributed by atoms with Gasteiger partial charge >= 0.3 is 5.97 Å². The van der Waals surface area contributed by atoms with E-state index in [4.69, 9.17) is 9.84 Å². The van der Waals surface area contributed by atoms with Gasteiger partial charge in [0.1, 0.15) is 5.75 Å². The lowest BCUT2D eigenvalue weighted by atomic mass is 10.0. The summed E-state index contributed by atoms with van der Waals surface area (Å²) in [5.41, 5.74) is 2.04. The van der Waals surface area contributed by atoms with Crippen molar-refractivity contribution in [1.82, 2.24) is 0 Å². The molecule has 0 radical (unpaired) electrons. The molecule has 1 aliphatic rings. The number of carboxylic acid groups (broad SMARTS) is 1. The summed E-state index contributed by atoms with van der Waals surface area (Å²) >= 11 is 0. The lowest BCUT2D eigenvalue weighted by molar-refractivity contribution is -0.131. The number of allylic oxidation sites excluding steroid dienone is 1. The van der Waals surface area contributed by atoms with Gasteiger partial charge < -0.3 is 14.7 Å². The van der Waals surface area contributed by atoms with Crippen molar-refractivity contribution >= 4 is 23.1 Å². The lowest BCUT2D eigenvalue weighted by Gasteiger charge is -2.31. The molecule has 0 aliphatic carbocycles. The Balaban J connectivity index is 2.42. The monoisotopic (exact) mass is 275 g/mol. The molecule has 0 fully saturated rings. The van der Waals surface area contributed by atoms with Crippen LogP contribution in [0.25, 0.3) is 5.57 Å². The van der Waals surface area contributed by atoms with Crippen LogP contribution in [0.3, 0.4) is 0 Å². The molecule has 1 aromatic carbocycles. The van der Waals surface area contributed by atoms with Gasteiger partial charge in [0.15, 0.2) is 6.10 Å². The van der Waals surface area contributed by atoms with Crippen LogP contribution >= 0.6 is 0 Å². The molecular weight excluding hydrogens is 258 g/mol. The van der Waals surface area contributed by atoms with Crippen LogP contribution < -0.4 is 9.64 Å². The van der Waals surface area contributed by atoms with E-state index < -0.39 is 12.1 Å². The number of carboxylic acids is 1. The number of carbonyl (C=O) groups is 2. The number of likely N-dealkylation sites (N-methyl/N-ethyl adjacent to an activating group) is 1. The molecule has 20 heavy (non-hydrogen) atoms. The molecular formula is C15H17NO4. The van der Waals surface area contributed by atoms with Gasteiger partial charge in [0, 0.05) is 13.1 Å². The van der Waals surface area contributed by atoms with Gasteiger partial charge in [-0.3, -0.25) is 4.79 Å². The number of hydrogen-bond donors (Lipinski definition) is 1. The molecule has 0 saturated heterocycles. The van der Waals surface area contributed by atoms with Crippen LogP contribution in [0.15, 0.2) is 24.3 Å². The first-order valence-electron chi connectivity index (χ1n) is 6.44. The number of ether oxygens (including phenoxy) is 1. The van der Waals surface area contributed by atoms with Crippen molar-refractivity contribution in [2.75, 3.05) is 11.9 Å². The molecule has 5 nitrogen and oxygen atoms in total. The Morgan fingerprint density at radius 1 is 1.50 bits per heavy atom. The first-order chi connectivity index (χ1) is 9.43. The number of carbonyl (C=O) groups excluding carboxylic acids is 1. The topological polar surface area (TPSA) is 66.8 Å². The highest BCUT2D eigenvalue weighted by atomic mass is 16.5. The molecule has 1 amide bonds. The number of rotatable bonds is 3. The van der Waals surface area contributed by atoms with Gasteiger partial charge in [0.2, 0.25) is 0 Å². The van der Waals surface area contributed by atoms with Gasteiger partial charge in [-0.1, -0.05) is 13.0 Å². The van der Waals surface area contributed by atoms with Crippen molar-refractivity contribution in [3.63, 3.8) is 0 Å². The lowest BCUT2D eigenvalue weighted by Crippen LogP contribution is -2.43. The second-order valence-electron chi connectivity index (χ2n) is 4.76. The first-order valence-corrected chi connectivity index (χ1v) is 6.44. The van der Waals surface area contributed by atoms with Crippen LogP contribution in [0.1, 0.15) is 25.8 Å². The van der Waals surface area contributed by atoms with Crippen molar-refractivity contribution < 1.29 is 19.4 Å². The summed E-state index contributed by atoms with van der Waals surface area (Å²) in [4.78, 5) is 24.3. The second kappa shape index (κ2) is 5.36. The van der Waals surface area contributed by atoms with Crippen molar-refractivity contribution in [3.8, 4) is 5.75 Å². The van der Waals surface area contributed by atoms with Gasteiger partial charge in [-0.05, 0) is 36.6 Å². The standard InChI is InChI=1S/C15H17NO4/c1-4-12-15(19)16(3)11-8-10(5-6-13(11)20-12)9(2)7-14(17)18/h5-8,12H,4H2,1-3H3,(H,17,18)/b9-7+. The minimum Gasteiger partial charge on any atom is -0.478 e. The molecule has 2 rings (SSSR count). The highest BCUT2D eigenvalue weighted by molar-refractivity contribution is 6.00. The van der Waals surface area contributed by atoms with E-state index in [1.165, 1.54) is 0 Å². The molecule has 1 unspecified atom stereocenters. The van der Waals surface area contributed by atoms with Gasteiger partial charge in [-0.2, -0.15) is 0 Å². The third kappa shape index (κ3) is 2.52. The Hall–Kier alpha value is -2.30. The van der Waals surface area contributed by atoms with Crippen LogP contribution in [-0.2, 0) is 9.59 Å². The third-order valence-electron chi connectivity index (χ3n) is 3.36. The molecule has 1 aromatic rings. The molecule has 1 aliphatic heterocycles. The van der Waals surface area contributed by atoms with Crippen LogP contribution in [0, 0.1) is 0 Å². The Labute approximate surface area is 117 Å². The summed E-state index contributed by atoms with van der Waals surface area (Å²) in [6, 6.07) is 5.34. The molecule has 0 bridgehead atoms. The average molecular weight is 275 g/mol. The Kier molecular flexibility index (Phi) is 3.79. The maximum absolute atomic E-state index is 12.1. The van der Waals surface area contributed by atoms with E-state index in [0.717, 1.165) is 11.6 Å². The van der Waals surface area contributed by atoms with Crippen LogP contribution in [0.4, 0.5) is 5.69 Å². The van der Waals surface area contributed by atoms with Crippen LogP contribution in [0.5, 0.6) is 5.75 Å². The SMILES string of the molecule is CCC1Oc2ccc(/C(C)=C/C(=O)O)cc2N(C)C1=O. The highest BCUT2D eigenvalue weighted by Gasteiger charge is 2.30. The summed E-state index contributed by atoms with van der Waals surface area (Å²) in [5.74, 6) is -0.435. The zero-order chi connectivity index (χ0) is 14.9. The fraction of sp³-hybridized carbons (Fsp3) is 0.333. The van der Waals surface area contributed by atoms with Gasteiger partial charge in [-0.15, -0.1) is 0 Å². The van der Waals surface area contributed by atoms with E-state index in [-0.39, 0.29) is 5.91 Å². The van der Waals surface area contributed by atoms with E-state index in [1.807, 2.05) is 6.92 Å². The fourth-order valence-electron chi connectivity index (χ4n) is 2.19. The van der Waals surface area contributed by atoms with Crippen LogP contribution in [0.2, 0.25) is 0 Å². The van der Waals surface area contributed by atoms with Crippen molar-refractivity contribution in [2.45, 2.75) is 26.4 Å². The number of aliphatic carboxylic acids is 1. The molecule has 0 aromatic heterocycles. The van der Waals surface area contributed by atoms with E-state index in [1.54, 1.807) is 37.1 Å². The number of anilines is 1. The Morgan fingerprint density at radius 3 is 2.80 bits per heavy atom. The Morgan fingerprint density at radius 2 is 2.20 bits per heavy atom. The predicted octanol–water partition coefficient (Wildman–Crippen LogP) is 2.31. The smallest absolute Gasteiger partial charge is 0.328 e. The third-order valence-corrected chi connectivity index (χ3v) is 3.36. The fourth-order valence-corrected chi connectivity index (χ4v) is 2.19. The van der Waals surface area contributed by atoms with E-state index >= 15 is 0 Å². The molecule has 0 spiro atoms. The quantitative estimate of drug-likeness (QED) is 0.860. The van der Waals surface area contributed by atoms with E-state index in [0.29, 0.717) is 23.4 Å². The molecule has 1 atom stereocenters. The largest absolute Gasteiger partial charge is 0.478 e. The number of nitrogens with zero attached hydrogens (tertiary/aromatic N) is 1. The summed E-state index contributed by atoms with van der Waals surface area (Å²) < 4.78 is 5.65. The zero-order valence-electron chi connectivity index (χ0n) is 11.7. The summed E-state index contributed by atoms with van der Waals surface area (Å²) in [7, 11) is 1.70. The molecule has 1 N–H and O–H groups in total. The predicted molar refractivity (Wildman–Crippen MR) is 75.8 cm³/mol. The van der Waals surface area contributed by atoms with Gasteiger partial charge in [-0.25, -0.2) is 4.79 Å². The van der Waals surface area contributed by atoms with Crippen LogP contribution in [-0.4, -0.2) is 30.1 Å². The molecule has 5 heteroatoms. The van der Waals surface area contributed by atoms with Gasteiger partial charge in [0.05, 0.1) is 5.69 Å². The average Bonchev–Trinajstić information content (AvgIpc) is 2.41. The number of amides is 1. The van der Waals surface area contributed by atoms with Crippen molar-refractivity contribution in [3.05, 3.63) is 29.8 Å². The van der Waals surface area contributed by atoms with E-state index in [9.17, 15) is 9.59 Å². The minimum absolute atomic E-state index is 0.0861. The maximum Gasteiger partial charge on any atom is 0.328 e. The maximum atomic E-state index is 12.1. The Bertz CT molecular complexity index is 592. The molecule has 1 heterocycles.